The van der Waals surface area contributed by atoms with Crippen LogP contribution in [0.3, 0.4) is 0 Å². The highest BCUT2D eigenvalue weighted by molar-refractivity contribution is 6.12. The smallest absolute Gasteiger partial charge is 0.253 e. The minimum atomic E-state index is -0.268. The van der Waals surface area contributed by atoms with Gasteiger partial charge >= 0.3 is 0 Å². The Morgan fingerprint density at radius 1 is 1.26 bits per heavy atom. The Morgan fingerprint density at radius 2 is 1.89 bits per heavy atom. The number of carbonyl (C=O) groups is 3. The summed E-state index contributed by atoms with van der Waals surface area (Å²) in [6.45, 7) is 1.98. The van der Waals surface area contributed by atoms with Crippen LogP contribution in [0.5, 0.6) is 0 Å². The average molecular weight is 266 g/mol. The standard InChI is InChI=1S/C12H18N4O3/c1-9(13)14-15-10(17)5-3-2-4-8-16-11(18)6-7-12(16)19/h6-7H,2-5,8H2,1H3,(H2,13,14)(H,15,17). The van der Waals surface area contributed by atoms with Crippen LogP contribution in [-0.2, 0) is 14.4 Å². The molecule has 1 rings (SSSR count). The van der Waals surface area contributed by atoms with Gasteiger partial charge in [-0.05, 0) is 19.8 Å². The van der Waals surface area contributed by atoms with Crippen molar-refractivity contribution in [2.24, 2.45) is 10.8 Å². The molecule has 0 aromatic heterocycles. The number of amides is 3. The molecule has 3 amide bonds. The lowest BCUT2D eigenvalue weighted by Crippen LogP contribution is -2.30. The number of nitrogens with zero attached hydrogens (tertiary/aromatic N) is 2. The van der Waals surface area contributed by atoms with Crippen LogP contribution in [0.2, 0.25) is 0 Å². The van der Waals surface area contributed by atoms with E-state index >= 15 is 0 Å². The van der Waals surface area contributed by atoms with Crippen LogP contribution in [0.25, 0.3) is 0 Å². The normalized spacial score (nSPS) is 15.2. The zero-order valence-corrected chi connectivity index (χ0v) is 10.9. The number of amidine groups is 1. The number of hydrazone groups is 1. The number of nitrogens with two attached hydrogens (primary N) is 1. The summed E-state index contributed by atoms with van der Waals surface area (Å²) < 4.78 is 0. The van der Waals surface area contributed by atoms with E-state index in [1.54, 1.807) is 6.92 Å². The van der Waals surface area contributed by atoms with Crippen LogP contribution in [0.15, 0.2) is 17.3 Å². The molecule has 0 fully saturated rings. The van der Waals surface area contributed by atoms with Crippen LogP contribution in [0, 0.1) is 0 Å². The molecular formula is C12H18N4O3. The molecule has 0 aliphatic carbocycles. The van der Waals surface area contributed by atoms with Gasteiger partial charge in [-0.1, -0.05) is 6.42 Å². The van der Waals surface area contributed by atoms with Crippen LogP contribution < -0.4 is 11.2 Å². The van der Waals surface area contributed by atoms with Gasteiger partial charge in [-0.3, -0.25) is 19.3 Å². The third-order valence-electron chi connectivity index (χ3n) is 2.54. The Hall–Kier alpha value is -2.18. The van der Waals surface area contributed by atoms with Gasteiger partial charge in [0.2, 0.25) is 5.91 Å². The van der Waals surface area contributed by atoms with E-state index in [1.165, 1.54) is 17.1 Å². The highest BCUT2D eigenvalue weighted by Gasteiger charge is 2.22. The predicted octanol–water partition coefficient (Wildman–Crippen LogP) is -0.120. The molecule has 0 atom stereocenters. The molecule has 0 saturated heterocycles. The number of unbranched alkanes of at least 4 members (excludes halogenated alkanes) is 2. The van der Waals surface area contributed by atoms with Crippen molar-refractivity contribution >= 4 is 23.6 Å². The summed E-state index contributed by atoms with van der Waals surface area (Å²) in [7, 11) is 0. The van der Waals surface area contributed by atoms with Crippen LogP contribution in [0.4, 0.5) is 0 Å². The summed E-state index contributed by atoms with van der Waals surface area (Å²) >= 11 is 0. The lowest BCUT2D eigenvalue weighted by molar-refractivity contribution is -0.136. The number of hydrogen-bond acceptors (Lipinski definition) is 4. The van der Waals surface area contributed by atoms with E-state index in [0.717, 1.165) is 6.42 Å². The van der Waals surface area contributed by atoms with Crippen molar-refractivity contribution < 1.29 is 14.4 Å². The number of hydrogen-bond donors (Lipinski definition) is 2. The minimum Gasteiger partial charge on any atom is -0.386 e. The van der Waals surface area contributed by atoms with Crippen LogP contribution >= 0.6 is 0 Å². The molecule has 0 bridgehead atoms. The molecule has 104 valence electrons. The summed E-state index contributed by atoms with van der Waals surface area (Å²) in [5.41, 5.74) is 7.60. The maximum Gasteiger partial charge on any atom is 0.253 e. The van der Waals surface area contributed by atoms with Crippen molar-refractivity contribution in [3.05, 3.63) is 12.2 Å². The number of rotatable bonds is 7. The molecule has 0 radical (unpaired) electrons. The molecule has 1 aliphatic heterocycles. The minimum absolute atomic E-state index is 0.195. The van der Waals surface area contributed by atoms with Crippen molar-refractivity contribution in [2.45, 2.75) is 32.6 Å². The lowest BCUT2D eigenvalue weighted by atomic mass is 10.2. The molecule has 3 N–H and O–H groups in total. The van der Waals surface area contributed by atoms with E-state index in [2.05, 4.69) is 10.5 Å². The molecule has 0 unspecified atom stereocenters. The fourth-order valence-corrected chi connectivity index (χ4v) is 1.59. The lowest BCUT2D eigenvalue weighted by Gasteiger charge is -2.12. The fourth-order valence-electron chi connectivity index (χ4n) is 1.59. The second-order valence-electron chi connectivity index (χ2n) is 4.26. The SMILES string of the molecule is C/C(N)=N/NC(=O)CCCCCN1C(=O)C=CC1=O. The van der Waals surface area contributed by atoms with Crippen molar-refractivity contribution in [2.75, 3.05) is 6.54 Å². The number of imide groups is 1. The summed E-state index contributed by atoms with van der Waals surface area (Å²) in [6.07, 6.45) is 5.00. The van der Waals surface area contributed by atoms with Gasteiger partial charge in [0.05, 0.1) is 0 Å². The molecule has 7 heteroatoms. The summed E-state index contributed by atoms with van der Waals surface area (Å²) in [5, 5.41) is 3.60. The molecule has 0 aromatic rings. The van der Waals surface area contributed by atoms with Gasteiger partial charge in [-0.15, -0.1) is 0 Å². The number of carbonyl (C=O) groups excluding carboxylic acids is 3. The highest BCUT2D eigenvalue weighted by Crippen LogP contribution is 2.07. The second kappa shape index (κ2) is 7.30. The fraction of sp³-hybridized carbons (Fsp3) is 0.500. The van der Waals surface area contributed by atoms with Crippen molar-refractivity contribution in [3.63, 3.8) is 0 Å². The van der Waals surface area contributed by atoms with E-state index in [9.17, 15) is 14.4 Å². The Labute approximate surface area is 111 Å². The maximum absolute atomic E-state index is 11.3. The van der Waals surface area contributed by atoms with Crippen LogP contribution in [0.1, 0.15) is 32.6 Å². The first-order valence-electron chi connectivity index (χ1n) is 6.13. The predicted molar refractivity (Wildman–Crippen MR) is 69.8 cm³/mol. The van der Waals surface area contributed by atoms with Gasteiger partial charge in [0.15, 0.2) is 0 Å². The summed E-state index contributed by atoms with van der Waals surface area (Å²) in [4.78, 5) is 34.9. The van der Waals surface area contributed by atoms with Gasteiger partial charge in [0.1, 0.15) is 5.84 Å². The van der Waals surface area contributed by atoms with E-state index in [4.69, 9.17) is 5.73 Å². The van der Waals surface area contributed by atoms with E-state index in [1.807, 2.05) is 0 Å². The molecule has 1 heterocycles. The van der Waals surface area contributed by atoms with Gasteiger partial charge in [-0.2, -0.15) is 5.10 Å². The Balaban J connectivity index is 2.09. The first-order chi connectivity index (χ1) is 9.00. The third kappa shape index (κ3) is 5.33. The first kappa shape index (κ1) is 14.9. The molecule has 1 aliphatic rings. The van der Waals surface area contributed by atoms with Crippen LogP contribution in [-0.4, -0.2) is 35.0 Å². The first-order valence-corrected chi connectivity index (χ1v) is 6.13. The van der Waals surface area contributed by atoms with E-state index < -0.39 is 0 Å². The zero-order valence-electron chi connectivity index (χ0n) is 10.9. The molecule has 7 nitrogen and oxygen atoms in total. The quantitative estimate of drug-likeness (QED) is 0.220. The summed E-state index contributed by atoms with van der Waals surface area (Å²) in [6, 6.07) is 0. The van der Waals surface area contributed by atoms with Crippen molar-refractivity contribution in [3.8, 4) is 0 Å². The Kier molecular flexibility index (Phi) is 5.72. The van der Waals surface area contributed by atoms with E-state index in [0.29, 0.717) is 31.6 Å². The van der Waals surface area contributed by atoms with Gasteiger partial charge < -0.3 is 5.73 Å². The highest BCUT2D eigenvalue weighted by atomic mass is 16.2. The largest absolute Gasteiger partial charge is 0.386 e. The third-order valence-corrected chi connectivity index (χ3v) is 2.54. The average Bonchev–Trinajstić information content (AvgIpc) is 2.67. The van der Waals surface area contributed by atoms with Gasteiger partial charge in [0.25, 0.3) is 11.8 Å². The maximum atomic E-state index is 11.3. The van der Waals surface area contributed by atoms with Gasteiger partial charge in [0, 0.05) is 25.1 Å². The molecule has 19 heavy (non-hydrogen) atoms. The van der Waals surface area contributed by atoms with E-state index in [-0.39, 0.29) is 17.7 Å². The number of nitrogens with one attached hydrogen (secondary N) is 1. The Morgan fingerprint density at radius 3 is 2.47 bits per heavy atom. The Bertz CT molecular complexity index is 407. The monoisotopic (exact) mass is 266 g/mol. The van der Waals surface area contributed by atoms with Gasteiger partial charge in [-0.25, -0.2) is 5.43 Å². The van der Waals surface area contributed by atoms with Crippen molar-refractivity contribution in [1.82, 2.24) is 10.3 Å². The molecule has 0 saturated carbocycles. The second-order valence-corrected chi connectivity index (χ2v) is 4.26. The van der Waals surface area contributed by atoms with Crippen molar-refractivity contribution in [1.29, 1.82) is 0 Å². The molecule has 0 aromatic carbocycles. The zero-order chi connectivity index (χ0) is 14.3. The summed E-state index contributed by atoms with van der Waals surface area (Å²) in [5.74, 6) is -0.433. The topological polar surface area (TPSA) is 105 Å². The molecular weight excluding hydrogens is 248 g/mol. The molecule has 0 spiro atoms.